The number of anilines is 1. The van der Waals surface area contributed by atoms with Gasteiger partial charge in [0, 0.05) is 22.1 Å². The molecule has 1 heterocycles. The van der Waals surface area contributed by atoms with E-state index in [1.165, 1.54) is 35.7 Å². The molecule has 32 heavy (non-hydrogen) atoms. The van der Waals surface area contributed by atoms with E-state index >= 15 is 0 Å². The number of nitrogens with zero attached hydrogens (tertiary/aromatic N) is 3. The molecule has 3 N–H and O–H groups in total. The van der Waals surface area contributed by atoms with E-state index in [0.717, 1.165) is 18.7 Å². The Balaban J connectivity index is 1.43. The Morgan fingerprint density at radius 2 is 1.84 bits per heavy atom. The van der Waals surface area contributed by atoms with Crippen LogP contribution in [0.4, 0.5) is 5.69 Å². The van der Waals surface area contributed by atoms with Crippen LogP contribution in [0, 0.1) is 0 Å². The third-order valence-electron chi connectivity index (χ3n) is 5.53. The maximum atomic E-state index is 12.9. The molecule has 0 atom stereocenters. The van der Waals surface area contributed by atoms with E-state index < -0.39 is 0 Å². The molecule has 0 aliphatic heterocycles. The van der Waals surface area contributed by atoms with Crippen molar-refractivity contribution in [1.82, 2.24) is 14.9 Å². The highest BCUT2D eigenvalue weighted by Gasteiger charge is 2.23. The number of amides is 1. The zero-order valence-electron chi connectivity index (χ0n) is 17.5. The van der Waals surface area contributed by atoms with Crippen LogP contribution in [-0.2, 0) is 4.79 Å². The standard InChI is InChI=1S/C23H24ClN5O2S/c24-17-11-12-19(18(13-17)21(31)15-7-3-1-4-8-15)26-20(30)14-32-23-28-27-22(29(23)25)16-9-5-2-6-10-16/h1,3-4,7-8,11-13,16H,2,5-6,9-10,14,25H2,(H,26,30). The van der Waals surface area contributed by atoms with E-state index in [1.807, 2.05) is 6.07 Å². The molecule has 0 radical (unpaired) electrons. The Kier molecular flexibility index (Phi) is 7.12. The highest BCUT2D eigenvalue weighted by molar-refractivity contribution is 7.99. The predicted octanol–water partition coefficient (Wildman–Crippen LogP) is 4.65. The van der Waals surface area contributed by atoms with Gasteiger partial charge in [-0.05, 0) is 31.0 Å². The van der Waals surface area contributed by atoms with E-state index in [2.05, 4.69) is 15.5 Å². The Morgan fingerprint density at radius 1 is 1.09 bits per heavy atom. The third kappa shape index (κ3) is 5.14. The number of hydrogen-bond donors (Lipinski definition) is 2. The molecule has 3 aromatic rings. The highest BCUT2D eigenvalue weighted by atomic mass is 35.5. The maximum absolute atomic E-state index is 12.9. The molecule has 7 nitrogen and oxygen atoms in total. The van der Waals surface area contributed by atoms with Crippen molar-refractivity contribution in [3.05, 3.63) is 70.5 Å². The van der Waals surface area contributed by atoms with E-state index in [9.17, 15) is 9.59 Å². The van der Waals surface area contributed by atoms with Crippen LogP contribution in [0.3, 0.4) is 0 Å². The van der Waals surface area contributed by atoms with Gasteiger partial charge in [-0.2, -0.15) is 0 Å². The van der Waals surface area contributed by atoms with Gasteiger partial charge in [-0.25, -0.2) is 4.68 Å². The largest absolute Gasteiger partial charge is 0.336 e. The average molecular weight is 470 g/mol. The van der Waals surface area contributed by atoms with E-state index in [-0.39, 0.29) is 17.4 Å². The van der Waals surface area contributed by atoms with Crippen molar-refractivity contribution in [1.29, 1.82) is 0 Å². The Bertz CT molecular complexity index is 1110. The number of thioether (sulfide) groups is 1. The van der Waals surface area contributed by atoms with E-state index in [0.29, 0.717) is 32.9 Å². The molecule has 0 spiro atoms. The summed E-state index contributed by atoms with van der Waals surface area (Å²) < 4.78 is 1.50. The van der Waals surface area contributed by atoms with Gasteiger partial charge in [0.15, 0.2) is 11.6 Å². The van der Waals surface area contributed by atoms with Crippen LogP contribution >= 0.6 is 23.4 Å². The molecule has 0 unspecified atom stereocenters. The molecule has 1 aromatic heterocycles. The number of benzene rings is 2. The first-order valence-corrected chi connectivity index (χ1v) is 11.9. The highest BCUT2D eigenvalue weighted by Crippen LogP contribution is 2.32. The summed E-state index contributed by atoms with van der Waals surface area (Å²) in [6.07, 6.45) is 5.72. The zero-order valence-corrected chi connectivity index (χ0v) is 19.0. The molecular formula is C23H24ClN5O2S. The van der Waals surface area contributed by atoms with Crippen LogP contribution in [0.25, 0.3) is 0 Å². The molecule has 1 aliphatic rings. The van der Waals surface area contributed by atoms with Crippen LogP contribution in [0.15, 0.2) is 53.7 Å². The molecule has 1 fully saturated rings. The van der Waals surface area contributed by atoms with Crippen LogP contribution in [0.1, 0.15) is 59.8 Å². The molecular weight excluding hydrogens is 446 g/mol. The molecule has 2 aromatic carbocycles. The van der Waals surface area contributed by atoms with Crippen molar-refractivity contribution >= 4 is 40.7 Å². The summed E-state index contributed by atoms with van der Waals surface area (Å²) in [6, 6.07) is 13.7. The first-order valence-electron chi connectivity index (χ1n) is 10.6. The summed E-state index contributed by atoms with van der Waals surface area (Å²) in [5, 5.41) is 12.2. The fraction of sp³-hybridized carbons (Fsp3) is 0.304. The summed E-state index contributed by atoms with van der Waals surface area (Å²) in [5.74, 6) is 6.90. The number of nitrogens with two attached hydrogens (primary N) is 1. The number of nitrogen functional groups attached to an aromatic ring is 1. The summed E-state index contributed by atoms with van der Waals surface area (Å²) in [7, 11) is 0. The number of aromatic nitrogens is 3. The lowest BCUT2D eigenvalue weighted by Gasteiger charge is -2.20. The second-order valence-electron chi connectivity index (χ2n) is 7.77. The number of hydrogen-bond acceptors (Lipinski definition) is 6. The summed E-state index contributed by atoms with van der Waals surface area (Å²) >= 11 is 7.32. The van der Waals surface area contributed by atoms with Gasteiger partial charge < -0.3 is 11.2 Å². The van der Waals surface area contributed by atoms with Gasteiger partial charge in [-0.3, -0.25) is 9.59 Å². The average Bonchev–Trinajstić information content (AvgIpc) is 3.19. The quantitative estimate of drug-likeness (QED) is 0.296. The van der Waals surface area contributed by atoms with Crippen LogP contribution < -0.4 is 11.2 Å². The van der Waals surface area contributed by atoms with Crippen molar-refractivity contribution in [2.75, 3.05) is 16.9 Å². The zero-order chi connectivity index (χ0) is 22.5. The first kappa shape index (κ1) is 22.4. The fourth-order valence-corrected chi connectivity index (χ4v) is 4.74. The van der Waals surface area contributed by atoms with Gasteiger partial charge in [0.25, 0.3) is 0 Å². The summed E-state index contributed by atoms with van der Waals surface area (Å²) in [4.78, 5) is 25.6. The Labute approximate surface area is 195 Å². The van der Waals surface area contributed by atoms with Crippen LogP contribution in [0.5, 0.6) is 0 Å². The molecule has 9 heteroatoms. The lowest BCUT2D eigenvalue weighted by Crippen LogP contribution is -2.20. The molecule has 0 saturated heterocycles. The molecule has 1 amide bonds. The van der Waals surface area contributed by atoms with E-state index in [1.54, 1.807) is 42.5 Å². The topological polar surface area (TPSA) is 103 Å². The minimum absolute atomic E-state index is 0.0849. The van der Waals surface area contributed by atoms with Gasteiger partial charge in [0.2, 0.25) is 11.1 Å². The summed E-state index contributed by atoms with van der Waals surface area (Å²) in [5.41, 5.74) is 1.26. The number of nitrogens with one attached hydrogen (secondary N) is 1. The maximum Gasteiger partial charge on any atom is 0.234 e. The van der Waals surface area contributed by atoms with Gasteiger partial charge in [-0.1, -0.05) is 73.0 Å². The molecule has 1 saturated carbocycles. The van der Waals surface area contributed by atoms with Crippen molar-refractivity contribution < 1.29 is 9.59 Å². The van der Waals surface area contributed by atoms with Crippen molar-refractivity contribution in [2.24, 2.45) is 0 Å². The number of carbonyl (C=O) groups excluding carboxylic acids is 2. The second-order valence-corrected chi connectivity index (χ2v) is 9.15. The van der Waals surface area contributed by atoms with Crippen molar-refractivity contribution in [3.8, 4) is 0 Å². The first-order chi connectivity index (χ1) is 15.5. The second kappa shape index (κ2) is 10.2. The molecule has 1 aliphatic carbocycles. The number of rotatable bonds is 7. The van der Waals surface area contributed by atoms with Gasteiger partial charge in [-0.15, -0.1) is 10.2 Å². The predicted molar refractivity (Wildman–Crippen MR) is 127 cm³/mol. The molecule has 166 valence electrons. The molecule has 0 bridgehead atoms. The SMILES string of the molecule is Nn1c(SCC(=O)Nc2ccc(Cl)cc2C(=O)c2ccccc2)nnc1C1CCCCC1. The lowest BCUT2D eigenvalue weighted by molar-refractivity contribution is -0.113. The minimum Gasteiger partial charge on any atom is -0.336 e. The summed E-state index contributed by atoms with van der Waals surface area (Å²) in [6.45, 7) is 0. The van der Waals surface area contributed by atoms with Crippen molar-refractivity contribution in [2.45, 2.75) is 43.2 Å². The van der Waals surface area contributed by atoms with Gasteiger partial charge in [0.1, 0.15) is 0 Å². The smallest absolute Gasteiger partial charge is 0.234 e. The van der Waals surface area contributed by atoms with E-state index in [4.69, 9.17) is 17.4 Å². The van der Waals surface area contributed by atoms with Crippen LogP contribution in [-0.4, -0.2) is 32.3 Å². The monoisotopic (exact) mass is 469 g/mol. The Morgan fingerprint density at radius 3 is 2.59 bits per heavy atom. The third-order valence-corrected chi connectivity index (χ3v) is 6.71. The van der Waals surface area contributed by atoms with Crippen LogP contribution in [0.2, 0.25) is 5.02 Å². The lowest BCUT2D eigenvalue weighted by atomic mass is 9.89. The van der Waals surface area contributed by atoms with Crippen molar-refractivity contribution in [3.63, 3.8) is 0 Å². The minimum atomic E-state index is -0.276. The molecule has 4 rings (SSSR count). The Hall–Kier alpha value is -2.84. The number of halogens is 1. The fourth-order valence-electron chi connectivity index (χ4n) is 3.90. The van der Waals surface area contributed by atoms with Gasteiger partial charge in [0.05, 0.1) is 11.4 Å². The van der Waals surface area contributed by atoms with Gasteiger partial charge >= 0.3 is 0 Å². The normalized spacial score (nSPS) is 14.3. The number of ketones is 1. The number of carbonyl (C=O) groups is 2.